The average Bonchev–Trinajstić information content (AvgIpc) is 3.47. The van der Waals surface area contributed by atoms with E-state index in [2.05, 4.69) is 106 Å². The first-order chi connectivity index (χ1) is 40.0. The molecule has 0 N–H and O–H groups in total. The summed E-state index contributed by atoms with van der Waals surface area (Å²) in [6.07, 6.45) is 92.4. The van der Waals surface area contributed by atoms with Crippen molar-refractivity contribution in [2.75, 3.05) is 13.2 Å². The summed E-state index contributed by atoms with van der Waals surface area (Å²) < 4.78 is 16.8. The van der Waals surface area contributed by atoms with Gasteiger partial charge in [0.2, 0.25) is 0 Å². The van der Waals surface area contributed by atoms with Crippen LogP contribution in [0.15, 0.2) is 85.1 Å². The molecule has 0 aromatic carbocycles. The van der Waals surface area contributed by atoms with E-state index in [0.717, 1.165) is 103 Å². The van der Waals surface area contributed by atoms with Gasteiger partial charge in [0, 0.05) is 19.3 Å². The van der Waals surface area contributed by atoms with E-state index >= 15 is 0 Å². The number of hydrogen-bond acceptors (Lipinski definition) is 6. The highest BCUT2D eigenvalue weighted by Gasteiger charge is 2.19. The van der Waals surface area contributed by atoms with Crippen molar-refractivity contribution in [3.8, 4) is 0 Å². The summed E-state index contributed by atoms with van der Waals surface area (Å²) in [5, 5.41) is 0. The molecule has 1 unspecified atom stereocenters. The Labute approximate surface area is 503 Å². The largest absolute Gasteiger partial charge is 0.462 e. The van der Waals surface area contributed by atoms with Gasteiger partial charge in [-0.15, -0.1) is 0 Å². The van der Waals surface area contributed by atoms with E-state index in [1.807, 2.05) is 0 Å². The molecule has 0 radical (unpaired) electrons. The van der Waals surface area contributed by atoms with Crippen LogP contribution in [0.5, 0.6) is 0 Å². The van der Waals surface area contributed by atoms with Gasteiger partial charge in [-0.25, -0.2) is 0 Å². The summed E-state index contributed by atoms with van der Waals surface area (Å²) in [5.74, 6) is -0.874. The maximum Gasteiger partial charge on any atom is 0.306 e. The lowest BCUT2D eigenvalue weighted by molar-refractivity contribution is -0.167. The van der Waals surface area contributed by atoms with Crippen molar-refractivity contribution >= 4 is 17.9 Å². The Hall–Kier alpha value is -3.41. The Kier molecular flexibility index (Phi) is 66.2. The Morgan fingerprint density at radius 3 is 0.753 bits per heavy atom. The molecule has 0 bridgehead atoms. The second kappa shape index (κ2) is 69.1. The average molecular weight is 1130 g/mol. The van der Waals surface area contributed by atoms with Gasteiger partial charge < -0.3 is 14.2 Å². The van der Waals surface area contributed by atoms with Gasteiger partial charge in [-0.1, -0.05) is 324 Å². The van der Waals surface area contributed by atoms with Crippen LogP contribution in [0.2, 0.25) is 0 Å². The third kappa shape index (κ3) is 67.3. The van der Waals surface area contributed by atoms with Crippen LogP contribution < -0.4 is 0 Å². The number of carbonyl (C=O) groups excluding carboxylic acids is 3. The van der Waals surface area contributed by atoms with Crippen molar-refractivity contribution < 1.29 is 28.6 Å². The molecule has 1 atom stereocenters. The van der Waals surface area contributed by atoms with Crippen LogP contribution in [-0.4, -0.2) is 37.2 Å². The van der Waals surface area contributed by atoms with Crippen LogP contribution >= 0.6 is 0 Å². The zero-order valence-electron chi connectivity index (χ0n) is 53.8. The van der Waals surface area contributed by atoms with E-state index in [4.69, 9.17) is 14.2 Å². The van der Waals surface area contributed by atoms with E-state index < -0.39 is 6.10 Å². The van der Waals surface area contributed by atoms with Gasteiger partial charge in [-0.3, -0.25) is 14.4 Å². The molecule has 468 valence electrons. The molecule has 0 aliphatic carbocycles. The molecule has 0 heterocycles. The first-order valence-electron chi connectivity index (χ1n) is 35.1. The highest BCUT2D eigenvalue weighted by molar-refractivity contribution is 5.71. The van der Waals surface area contributed by atoms with Crippen LogP contribution in [0.25, 0.3) is 0 Å². The molecule has 0 saturated heterocycles. The molecular formula is C75H132O6. The standard InChI is InChI=1S/C75H132O6/c1-4-7-10-13-15-17-19-21-23-25-27-29-31-33-34-35-36-37-38-39-40-42-43-45-47-49-51-53-55-57-59-62-65-68-74(77)80-71-72(70-79-73(76)67-64-61-12-9-6-3)81-75(78)69-66-63-60-58-56-54-52-50-48-46-44-41-32-30-28-26-24-22-20-18-16-14-11-8-5-2/h8,11,16,18-19,21-22,24-25,27-28,30-31,33,72H,4-7,9-10,12-15,17,20,23,26,29,32,34-71H2,1-3H3/b11-8-,18-16-,21-19-,24-22-,27-25-,30-28-,33-31-. The maximum absolute atomic E-state index is 12.9. The molecule has 0 aromatic heterocycles. The fraction of sp³-hybridized carbons (Fsp3) is 0.773. The molecule has 0 spiro atoms. The smallest absolute Gasteiger partial charge is 0.306 e. The van der Waals surface area contributed by atoms with Crippen molar-refractivity contribution in [1.82, 2.24) is 0 Å². The molecule has 0 rings (SSSR count). The monoisotopic (exact) mass is 1130 g/mol. The van der Waals surface area contributed by atoms with E-state index in [9.17, 15) is 14.4 Å². The Bertz CT molecular complexity index is 1530. The highest BCUT2D eigenvalue weighted by Crippen LogP contribution is 2.18. The Morgan fingerprint density at radius 1 is 0.259 bits per heavy atom. The SMILES string of the molecule is CC/C=C\C/C=C\C/C=C\C/C=C\CCCCCCCCCCCCCCC(=O)OC(COC(=O)CCCCCCC)COC(=O)CCCCCCCCCCCCCCCCCCCC/C=C\C/C=C\C/C=C\CCCCCCC. The number of rotatable bonds is 64. The third-order valence-electron chi connectivity index (χ3n) is 15.4. The first kappa shape index (κ1) is 77.6. The summed E-state index contributed by atoms with van der Waals surface area (Å²) in [4.78, 5) is 38.0. The van der Waals surface area contributed by atoms with Crippen LogP contribution in [-0.2, 0) is 28.6 Å². The Balaban J connectivity index is 3.95. The van der Waals surface area contributed by atoms with Crippen LogP contribution in [0.1, 0.15) is 355 Å². The van der Waals surface area contributed by atoms with Gasteiger partial charge in [-0.05, 0) is 96.3 Å². The molecule has 81 heavy (non-hydrogen) atoms. The van der Waals surface area contributed by atoms with E-state index in [1.54, 1.807) is 0 Å². The minimum atomic E-state index is -0.773. The molecular weight excluding hydrogens is 997 g/mol. The summed E-state index contributed by atoms with van der Waals surface area (Å²) in [6, 6.07) is 0. The molecule has 0 aliphatic rings. The van der Waals surface area contributed by atoms with E-state index in [1.165, 1.54) is 212 Å². The van der Waals surface area contributed by atoms with Gasteiger partial charge in [0.1, 0.15) is 13.2 Å². The lowest BCUT2D eigenvalue weighted by atomic mass is 10.0. The number of carbonyl (C=O) groups is 3. The van der Waals surface area contributed by atoms with Crippen molar-refractivity contribution in [1.29, 1.82) is 0 Å². The molecule has 0 aromatic rings. The number of unbranched alkanes of at least 4 members (excludes halogenated alkanes) is 39. The Morgan fingerprint density at radius 2 is 0.481 bits per heavy atom. The number of allylic oxidation sites excluding steroid dienone is 14. The van der Waals surface area contributed by atoms with Gasteiger partial charge in [0.15, 0.2) is 6.10 Å². The fourth-order valence-electron chi connectivity index (χ4n) is 10.2. The number of ether oxygens (including phenoxy) is 3. The zero-order chi connectivity index (χ0) is 58.5. The minimum Gasteiger partial charge on any atom is -0.462 e. The molecule has 0 saturated carbocycles. The number of esters is 3. The molecule has 6 nitrogen and oxygen atoms in total. The van der Waals surface area contributed by atoms with Crippen LogP contribution in [0.4, 0.5) is 0 Å². The van der Waals surface area contributed by atoms with Crippen molar-refractivity contribution in [3.05, 3.63) is 85.1 Å². The molecule has 0 fully saturated rings. The zero-order valence-corrected chi connectivity index (χ0v) is 53.8. The second-order valence-electron chi connectivity index (χ2n) is 23.4. The summed E-state index contributed by atoms with van der Waals surface area (Å²) in [5.41, 5.74) is 0. The van der Waals surface area contributed by atoms with Gasteiger partial charge in [-0.2, -0.15) is 0 Å². The quantitative estimate of drug-likeness (QED) is 0.0261. The van der Waals surface area contributed by atoms with Crippen LogP contribution in [0, 0.1) is 0 Å². The van der Waals surface area contributed by atoms with E-state index in [-0.39, 0.29) is 31.1 Å². The first-order valence-corrected chi connectivity index (χ1v) is 35.1. The summed E-state index contributed by atoms with van der Waals surface area (Å²) in [6.45, 7) is 6.47. The molecule has 0 amide bonds. The summed E-state index contributed by atoms with van der Waals surface area (Å²) in [7, 11) is 0. The lowest BCUT2D eigenvalue weighted by Gasteiger charge is -2.18. The predicted molar refractivity (Wildman–Crippen MR) is 353 cm³/mol. The predicted octanol–water partition coefficient (Wildman–Crippen LogP) is 24.2. The van der Waals surface area contributed by atoms with E-state index in [0.29, 0.717) is 19.3 Å². The van der Waals surface area contributed by atoms with Crippen molar-refractivity contribution in [2.45, 2.75) is 361 Å². The summed E-state index contributed by atoms with van der Waals surface area (Å²) >= 11 is 0. The second-order valence-corrected chi connectivity index (χ2v) is 23.4. The normalized spacial score (nSPS) is 12.6. The highest BCUT2D eigenvalue weighted by atomic mass is 16.6. The minimum absolute atomic E-state index is 0.0735. The lowest BCUT2D eigenvalue weighted by Crippen LogP contribution is -2.30. The van der Waals surface area contributed by atoms with Crippen molar-refractivity contribution in [2.24, 2.45) is 0 Å². The third-order valence-corrected chi connectivity index (χ3v) is 15.4. The van der Waals surface area contributed by atoms with Crippen molar-refractivity contribution in [3.63, 3.8) is 0 Å². The molecule has 0 aliphatic heterocycles. The van der Waals surface area contributed by atoms with Gasteiger partial charge >= 0.3 is 17.9 Å². The topological polar surface area (TPSA) is 78.9 Å². The fourth-order valence-corrected chi connectivity index (χ4v) is 10.2. The molecule has 6 heteroatoms. The number of hydrogen-bond donors (Lipinski definition) is 0. The van der Waals surface area contributed by atoms with Gasteiger partial charge in [0.05, 0.1) is 0 Å². The maximum atomic E-state index is 12.9. The van der Waals surface area contributed by atoms with Crippen LogP contribution in [0.3, 0.4) is 0 Å². The van der Waals surface area contributed by atoms with Gasteiger partial charge in [0.25, 0.3) is 0 Å².